The van der Waals surface area contributed by atoms with Crippen LogP contribution in [0.15, 0.2) is 66.7 Å². The topological polar surface area (TPSA) is 80.5 Å². The molecule has 0 radical (unpaired) electrons. The minimum absolute atomic E-state index is 0.137. The fourth-order valence-electron chi connectivity index (χ4n) is 6.34. The van der Waals surface area contributed by atoms with Gasteiger partial charge in [-0.1, -0.05) is 61.5 Å². The van der Waals surface area contributed by atoms with Crippen molar-refractivity contribution < 1.29 is 14.5 Å². The molecule has 1 heterocycles. The molecule has 1 saturated heterocycles. The Morgan fingerprint density at radius 2 is 1.50 bits per heavy atom. The number of nitrogens with zero attached hydrogens (tertiary/aromatic N) is 2. The van der Waals surface area contributed by atoms with Gasteiger partial charge in [-0.25, -0.2) is 4.90 Å². The van der Waals surface area contributed by atoms with Crippen molar-refractivity contribution in [2.75, 3.05) is 4.90 Å². The van der Waals surface area contributed by atoms with Crippen molar-refractivity contribution in [1.82, 2.24) is 0 Å². The van der Waals surface area contributed by atoms with Crippen LogP contribution in [0.25, 0.3) is 0 Å². The first-order chi connectivity index (χ1) is 15.4. The molecule has 6 heteroatoms. The highest BCUT2D eigenvalue weighted by atomic mass is 16.6. The summed E-state index contributed by atoms with van der Waals surface area (Å²) in [5.74, 6) is -1.85. The molecule has 2 bridgehead atoms. The molecular weight excluding hydrogens is 404 g/mol. The number of imide groups is 1. The number of non-ortho nitro benzene ring substituents is 1. The number of carbonyl (C=O) groups excluding carboxylic acids is 2. The van der Waals surface area contributed by atoms with Crippen molar-refractivity contribution in [2.45, 2.75) is 25.2 Å². The first-order valence-corrected chi connectivity index (χ1v) is 10.7. The summed E-state index contributed by atoms with van der Waals surface area (Å²) in [6.07, 6.45) is 0. The zero-order valence-corrected chi connectivity index (χ0v) is 17.6. The molecule has 0 saturated carbocycles. The summed E-state index contributed by atoms with van der Waals surface area (Å²) in [6.45, 7) is 3.83. The Bertz CT molecular complexity index is 1310. The number of nitro groups is 1. The van der Waals surface area contributed by atoms with Crippen LogP contribution in [-0.2, 0) is 15.0 Å². The zero-order chi connectivity index (χ0) is 22.4. The second-order valence-corrected chi connectivity index (χ2v) is 9.10. The van der Waals surface area contributed by atoms with E-state index in [9.17, 15) is 19.7 Å². The van der Waals surface area contributed by atoms with E-state index in [2.05, 4.69) is 31.2 Å². The highest BCUT2D eigenvalue weighted by Crippen LogP contribution is 2.64. The molecule has 0 aromatic heterocycles. The Balaban J connectivity index is 1.60. The van der Waals surface area contributed by atoms with Crippen LogP contribution in [0.5, 0.6) is 0 Å². The van der Waals surface area contributed by atoms with Crippen LogP contribution >= 0.6 is 0 Å². The smallest absolute Gasteiger partial charge is 0.271 e. The Kier molecular flexibility index (Phi) is 3.62. The lowest BCUT2D eigenvalue weighted by Gasteiger charge is -2.52. The van der Waals surface area contributed by atoms with Crippen molar-refractivity contribution >= 4 is 23.2 Å². The van der Waals surface area contributed by atoms with Crippen molar-refractivity contribution in [2.24, 2.45) is 11.8 Å². The predicted octanol–water partition coefficient (Wildman–Crippen LogP) is 4.47. The summed E-state index contributed by atoms with van der Waals surface area (Å²) in [7, 11) is 0. The Hall–Kier alpha value is -3.80. The zero-order valence-electron chi connectivity index (χ0n) is 17.6. The van der Waals surface area contributed by atoms with Gasteiger partial charge in [0.2, 0.25) is 11.8 Å². The second kappa shape index (κ2) is 6.13. The summed E-state index contributed by atoms with van der Waals surface area (Å²) in [5.41, 5.74) is 4.53. The number of rotatable bonds is 2. The van der Waals surface area contributed by atoms with E-state index in [-0.39, 0.29) is 23.4 Å². The average Bonchev–Trinajstić information content (AvgIpc) is 3.06. The number of aryl methyl sites for hydroxylation is 1. The fraction of sp³-hybridized carbons (Fsp3) is 0.231. The minimum atomic E-state index is -0.650. The molecule has 0 N–H and O–H groups in total. The quantitative estimate of drug-likeness (QED) is 0.345. The van der Waals surface area contributed by atoms with Crippen LogP contribution in [0, 0.1) is 28.9 Å². The molecule has 3 aliphatic carbocycles. The van der Waals surface area contributed by atoms with Crippen molar-refractivity contribution in [3.05, 3.63) is 105 Å². The first-order valence-electron chi connectivity index (χ1n) is 10.7. The number of hydrogen-bond donors (Lipinski definition) is 0. The van der Waals surface area contributed by atoms with E-state index in [1.165, 1.54) is 17.0 Å². The summed E-state index contributed by atoms with van der Waals surface area (Å²) >= 11 is 0. The third kappa shape index (κ3) is 2.09. The van der Waals surface area contributed by atoms with E-state index in [0.29, 0.717) is 11.3 Å². The number of carbonyl (C=O) groups is 2. The van der Waals surface area contributed by atoms with Crippen LogP contribution in [0.1, 0.15) is 40.7 Å². The lowest BCUT2D eigenvalue weighted by Crippen LogP contribution is -2.51. The molecule has 2 atom stereocenters. The Morgan fingerprint density at radius 1 is 0.906 bits per heavy atom. The van der Waals surface area contributed by atoms with Crippen molar-refractivity contribution in [1.29, 1.82) is 0 Å². The molecule has 32 heavy (non-hydrogen) atoms. The number of nitro benzene ring substituents is 1. The molecule has 4 aliphatic rings. The Morgan fingerprint density at radius 3 is 2.09 bits per heavy atom. The van der Waals surface area contributed by atoms with Gasteiger partial charge in [0, 0.05) is 23.5 Å². The van der Waals surface area contributed by atoms with Gasteiger partial charge in [-0.15, -0.1) is 0 Å². The molecule has 7 rings (SSSR count). The summed E-state index contributed by atoms with van der Waals surface area (Å²) in [6, 6.07) is 20.5. The molecule has 0 unspecified atom stereocenters. The average molecular weight is 424 g/mol. The third-order valence-electron chi connectivity index (χ3n) is 7.69. The van der Waals surface area contributed by atoms with Gasteiger partial charge in [0.1, 0.15) is 0 Å². The van der Waals surface area contributed by atoms with Gasteiger partial charge >= 0.3 is 0 Å². The van der Waals surface area contributed by atoms with Gasteiger partial charge in [0.05, 0.1) is 22.4 Å². The van der Waals surface area contributed by atoms with Crippen LogP contribution in [0.2, 0.25) is 0 Å². The third-order valence-corrected chi connectivity index (χ3v) is 7.69. The maximum atomic E-state index is 13.9. The van der Waals surface area contributed by atoms with E-state index in [1.807, 2.05) is 24.3 Å². The summed E-state index contributed by atoms with van der Waals surface area (Å²) in [4.78, 5) is 39.9. The maximum absolute atomic E-state index is 13.9. The van der Waals surface area contributed by atoms with Gasteiger partial charge in [0.15, 0.2) is 0 Å². The highest BCUT2D eigenvalue weighted by Gasteiger charge is 2.66. The van der Waals surface area contributed by atoms with E-state index < -0.39 is 22.2 Å². The minimum Gasteiger partial charge on any atom is -0.274 e. The molecular formula is C26H20N2O4. The normalized spacial score (nSPS) is 27.2. The molecule has 6 nitrogen and oxygen atoms in total. The maximum Gasteiger partial charge on any atom is 0.271 e. The predicted molar refractivity (Wildman–Crippen MR) is 118 cm³/mol. The van der Waals surface area contributed by atoms with Crippen molar-refractivity contribution in [3.8, 4) is 0 Å². The van der Waals surface area contributed by atoms with E-state index >= 15 is 0 Å². The van der Waals surface area contributed by atoms with Crippen LogP contribution in [0.3, 0.4) is 0 Å². The SMILES string of the molecule is Cc1ccc([N+](=O)[O-])cc1N1C(=O)[C@H]2C3c4ccccc4C(C)(c4ccccc43)[C@H]2C1=O. The molecule has 158 valence electrons. The molecule has 2 amide bonds. The van der Waals surface area contributed by atoms with Crippen LogP contribution < -0.4 is 4.90 Å². The lowest BCUT2D eigenvalue weighted by molar-refractivity contribution is -0.384. The highest BCUT2D eigenvalue weighted by molar-refractivity contribution is 6.24. The molecule has 0 spiro atoms. The van der Waals surface area contributed by atoms with Gasteiger partial charge in [0.25, 0.3) is 5.69 Å². The Labute approximate surface area is 184 Å². The first kappa shape index (κ1) is 18.9. The molecule has 3 aromatic carbocycles. The van der Waals surface area contributed by atoms with Gasteiger partial charge < -0.3 is 0 Å². The monoisotopic (exact) mass is 424 g/mol. The summed E-state index contributed by atoms with van der Waals surface area (Å²) < 4.78 is 0. The molecule has 1 fully saturated rings. The molecule has 1 aliphatic heterocycles. The number of amides is 2. The van der Waals surface area contributed by atoms with Gasteiger partial charge in [-0.05, 0) is 34.7 Å². The standard InChI is InChI=1S/C26H20N2O4/c1-14-11-12-15(28(31)32)13-20(14)27-24(29)22-21-16-7-3-5-9-18(16)26(2,23(22)25(27)30)19-10-6-4-8-17(19)21/h3-13,21-23H,1-2H3/t21?,22-,23+,26?/m0/s1. The van der Waals surface area contributed by atoms with E-state index in [1.54, 1.807) is 13.0 Å². The number of benzene rings is 3. The summed E-state index contributed by atoms with van der Waals surface area (Å²) in [5, 5.41) is 11.4. The van der Waals surface area contributed by atoms with Gasteiger partial charge in [-0.3, -0.25) is 19.7 Å². The van der Waals surface area contributed by atoms with Crippen molar-refractivity contribution in [3.63, 3.8) is 0 Å². The van der Waals surface area contributed by atoms with Crippen LogP contribution in [-0.4, -0.2) is 16.7 Å². The number of hydrogen-bond acceptors (Lipinski definition) is 4. The lowest BCUT2D eigenvalue weighted by atomic mass is 9.48. The second-order valence-electron chi connectivity index (χ2n) is 9.10. The van der Waals surface area contributed by atoms with E-state index in [4.69, 9.17) is 0 Å². The number of anilines is 1. The van der Waals surface area contributed by atoms with E-state index in [0.717, 1.165) is 22.3 Å². The van der Waals surface area contributed by atoms with Crippen LogP contribution in [0.4, 0.5) is 11.4 Å². The molecule has 3 aromatic rings. The van der Waals surface area contributed by atoms with Gasteiger partial charge in [-0.2, -0.15) is 0 Å². The fourth-order valence-corrected chi connectivity index (χ4v) is 6.34. The largest absolute Gasteiger partial charge is 0.274 e.